The Kier molecular flexibility index (Phi) is 4.25. The molecule has 1 aromatic carbocycles. The van der Waals surface area contributed by atoms with Crippen LogP contribution in [0.2, 0.25) is 10.0 Å². The van der Waals surface area contributed by atoms with Crippen molar-refractivity contribution in [3.8, 4) is 0 Å². The molecule has 1 saturated carbocycles. The highest BCUT2D eigenvalue weighted by Crippen LogP contribution is 2.39. The van der Waals surface area contributed by atoms with E-state index in [4.69, 9.17) is 28.9 Å². The number of hydrogen-bond acceptors (Lipinski definition) is 3. The number of anilines is 2. The van der Waals surface area contributed by atoms with Gasteiger partial charge in [-0.3, -0.25) is 0 Å². The molecule has 0 radical (unpaired) electrons. The zero-order valence-electron chi connectivity index (χ0n) is 10.2. The molecule has 1 aliphatic carbocycles. The lowest BCUT2D eigenvalue weighted by atomic mass is 9.87. The lowest BCUT2D eigenvalue weighted by Crippen LogP contribution is -2.30. The van der Waals surface area contributed by atoms with Gasteiger partial charge in [0.2, 0.25) is 0 Å². The summed E-state index contributed by atoms with van der Waals surface area (Å²) in [5.41, 5.74) is 6.88. The van der Waals surface area contributed by atoms with Gasteiger partial charge in [-0.25, -0.2) is 0 Å². The molecular formula is C13H18Cl2N2O. The van der Waals surface area contributed by atoms with Crippen molar-refractivity contribution < 1.29 is 5.11 Å². The first-order valence-electron chi connectivity index (χ1n) is 6.16. The Morgan fingerprint density at radius 1 is 1.22 bits per heavy atom. The van der Waals surface area contributed by atoms with Gasteiger partial charge in [0, 0.05) is 17.6 Å². The fraction of sp³-hybridized carbons (Fsp3) is 0.538. The second-order valence-corrected chi connectivity index (χ2v) is 5.89. The normalized spacial score (nSPS) is 17.9. The van der Waals surface area contributed by atoms with Crippen LogP contribution in [0.25, 0.3) is 0 Å². The van der Waals surface area contributed by atoms with Gasteiger partial charge >= 0.3 is 0 Å². The first-order valence-corrected chi connectivity index (χ1v) is 6.91. The van der Waals surface area contributed by atoms with E-state index in [1.54, 1.807) is 12.1 Å². The Balaban J connectivity index is 2.10. The predicted octanol–water partition coefficient (Wildman–Crippen LogP) is 3.54. The topological polar surface area (TPSA) is 58.3 Å². The van der Waals surface area contributed by atoms with Crippen molar-refractivity contribution in [2.45, 2.75) is 25.7 Å². The van der Waals surface area contributed by atoms with Gasteiger partial charge in [0.05, 0.1) is 22.3 Å². The van der Waals surface area contributed by atoms with Crippen molar-refractivity contribution in [1.29, 1.82) is 0 Å². The Morgan fingerprint density at radius 3 is 2.28 bits per heavy atom. The summed E-state index contributed by atoms with van der Waals surface area (Å²) < 4.78 is 0. The number of halogens is 2. The maximum atomic E-state index is 9.55. The molecule has 0 spiro atoms. The first kappa shape index (κ1) is 13.8. The average molecular weight is 289 g/mol. The molecule has 0 atom stereocenters. The van der Waals surface area contributed by atoms with Crippen molar-refractivity contribution >= 4 is 34.6 Å². The molecule has 0 amide bonds. The molecule has 0 aliphatic heterocycles. The number of hydrogen-bond donors (Lipinski definition) is 3. The van der Waals surface area contributed by atoms with Gasteiger partial charge in [0.1, 0.15) is 0 Å². The number of benzene rings is 1. The summed E-state index contributed by atoms with van der Waals surface area (Å²) in [6.07, 6.45) is 4.43. The minimum absolute atomic E-state index is 0.0337. The molecular weight excluding hydrogens is 271 g/mol. The quantitative estimate of drug-likeness (QED) is 0.743. The minimum atomic E-state index is -0.0337. The lowest BCUT2D eigenvalue weighted by Gasteiger charge is -2.27. The van der Waals surface area contributed by atoms with Crippen LogP contribution in [0.1, 0.15) is 25.7 Å². The average Bonchev–Trinajstić information content (AvgIpc) is 2.77. The molecule has 1 aromatic rings. The standard InChI is InChI=1S/C13H18Cl2N2O/c14-10-5-9(16)6-11(15)12(10)17-7-13(8-18)3-1-2-4-13/h5-6,17-18H,1-4,7-8,16H2. The van der Waals surface area contributed by atoms with E-state index in [1.165, 1.54) is 12.8 Å². The Bertz CT molecular complexity index is 408. The molecule has 0 unspecified atom stereocenters. The van der Waals surface area contributed by atoms with E-state index in [9.17, 15) is 5.11 Å². The van der Waals surface area contributed by atoms with Crippen molar-refractivity contribution in [2.75, 3.05) is 24.2 Å². The maximum absolute atomic E-state index is 9.55. The van der Waals surface area contributed by atoms with Gasteiger partial charge in [-0.05, 0) is 25.0 Å². The second-order valence-electron chi connectivity index (χ2n) is 5.08. The van der Waals surface area contributed by atoms with Crippen molar-refractivity contribution in [1.82, 2.24) is 0 Å². The fourth-order valence-electron chi connectivity index (χ4n) is 2.55. The third kappa shape index (κ3) is 2.85. The molecule has 2 rings (SSSR count). The molecule has 3 nitrogen and oxygen atoms in total. The number of aliphatic hydroxyl groups is 1. The molecule has 0 aromatic heterocycles. The minimum Gasteiger partial charge on any atom is -0.399 e. The highest BCUT2D eigenvalue weighted by atomic mass is 35.5. The number of rotatable bonds is 4. The van der Waals surface area contributed by atoms with E-state index in [0.29, 0.717) is 28.0 Å². The smallest absolute Gasteiger partial charge is 0.0720 e. The van der Waals surface area contributed by atoms with E-state index in [1.807, 2.05) is 0 Å². The van der Waals surface area contributed by atoms with Crippen LogP contribution in [0.4, 0.5) is 11.4 Å². The van der Waals surface area contributed by atoms with Gasteiger partial charge in [-0.2, -0.15) is 0 Å². The Labute approximate surface area is 117 Å². The first-order chi connectivity index (χ1) is 8.56. The van der Waals surface area contributed by atoms with Crippen LogP contribution < -0.4 is 11.1 Å². The molecule has 1 aliphatic rings. The highest BCUT2D eigenvalue weighted by Gasteiger charge is 2.33. The van der Waals surface area contributed by atoms with Crippen molar-refractivity contribution in [2.24, 2.45) is 5.41 Å². The van der Waals surface area contributed by atoms with E-state index in [0.717, 1.165) is 12.8 Å². The molecule has 100 valence electrons. The molecule has 5 heteroatoms. The summed E-state index contributed by atoms with van der Waals surface area (Å²) >= 11 is 12.2. The summed E-state index contributed by atoms with van der Waals surface area (Å²) in [4.78, 5) is 0. The van der Waals surface area contributed by atoms with Gasteiger partial charge in [0.15, 0.2) is 0 Å². The van der Waals surface area contributed by atoms with Crippen LogP contribution in [-0.4, -0.2) is 18.3 Å². The SMILES string of the molecule is Nc1cc(Cl)c(NCC2(CO)CCCC2)c(Cl)c1. The van der Waals surface area contributed by atoms with E-state index < -0.39 is 0 Å². The fourth-order valence-corrected chi connectivity index (χ4v) is 3.19. The van der Waals surface area contributed by atoms with Crippen LogP contribution in [0.5, 0.6) is 0 Å². The molecule has 1 fully saturated rings. The summed E-state index contributed by atoms with van der Waals surface area (Å²) in [6, 6.07) is 3.35. The predicted molar refractivity (Wildman–Crippen MR) is 77.4 cm³/mol. The molecule has 0 bridgehead atoms. The van der Waals surface area contributed by atoms with Crippen molar-refractivity contribution in [3.63, 3.8) is 0 Å². The molecule has 4 N–H and O–H groups in total. The second kappa shape index (κ2) is 5.55. The number of nitrogens with one attached hydrogen (secondary N) is 1. The summed E-state index contributed by atoms with van der Waals surface area (Å²) in [5, 5.41) is 13.9. The zero-order chi connectivity index (χ0) is 13.2. The van der Waals surface area contributed by atoms with Crippen LogP contribution in [-0.2, 0) is 0 Å². The van der Waals surface area contributed by atoms with E-state index >= 15 is 0 Å². The van der Waals surface area contributed by atoms with Crippen LogP contribution in [0, 0.1) is 5.41 Å². The maximum Gasteiger partial charge on any atom is 0.0720 e. The van der Waals surface area contributed by atoms with Gasteiger partial charge in [-0.1, -0.05) is 36.0 Å². The number of nitrogen functional groups attached to an aromatic ring is 1. The number of nitrogens with two attached hydrogens (primary N) is 1. The third-order valence-electron chi connectivity index (χ3n) is 3.70. The highest BCUT2D eigenvalue weighted by molar-refractivity contribution is 6.39. The van der Waals surface area contributed by atoms with E-state index in [2.05, 4.69) is 5.32 Å². The summed E-state index contributed by atoms with van der Waals surface area (Å²) in [7, 11) is 0. The van der Waals surface area contributed by atoms with Gasteiger partial charge in [0.25, 0.3) is 0 Å². The van der Waals surface area contributed by atoms with E-state index in [-0.39, 0.29) is 12.0 Å². The van der Waals surface area contributed by atoms with Crippen LogP contribution >= 0.6 is 23.2 Å². The van der Waals surface area contributed by atoms with Gasteiger partial charge < -0.3 is 16.2 Å². The number of aliphatic hydroxyl groups excluding tert-OH is 1. The van der Waals surface area contributed by atoms with Crippen molar-refractivity contribution in [3.05, 3.63) is 22.2 Å². The molecule has 0 saturated heterocycles. The van der Waals surface area contributed by atoms with Gasteiger partial charge in [-0.15, -0.1) is 0 Å². The monoisotopic (exact) mass is 288 g/mol. The van der Waals surface area contributed by atoms with Crippen LogP contribution in [0.3, 0.4) is 0 Å². The summed E-state index contributed by atoms with van der Waals surface area (Å²) in [5.74, 6) is 0. The summed E-state index contributed by atoms with van der Waals surface area (Å²) in [6.45, 7) is 0.886. The lowest BCUT2D eigenvalue weighted by molar-refractivity contribution is 0.142. The third-order valence-corrected chi connectivity index (χ3v) is 4.30. The Morgan fingerprint density at radius 2 is 1.78 bits per heavy atom. The molecule has 0 heterocycles. The van der Waals surface area contributed by atoms with Crippen LogP contribution in [0.15, 0.2) is 12.1 Å². The largest absolute Gasteiger partial charge is 0.399 e. The Hall–Kier alpha value is -0.640. The zero-order valence-corrected chi connectivity index (χ0v) is 11.7. The molecule has 18 heavy (non-hydrogen) atoms.